The number of nitrogens with one attached hydrogen (secondary N) is 2. The van der Waals surface area contributed by atoms with Crippen molar-refractivity contribution in [1.82, 2.24) is 10.6 Å². The zero-order chi connectivity index (χ0) is 14.5. The molecule has 2 amide bonds. The second kappa shape index (κ2) is 6.74. The largest absolute Gasteiger partial charge is 0.371 e. The molecule has 0 spiro atoms. The number of hydrogen-bond donors (Lipinski definition) is 2. The van der Waals surface area contributed by atoms with Crippen LogP contribution in [-0.4, -0.2) is 18.7 Å². The Labute approximate surface area is 128 Å². The first-order chi connectivity index (χ1) is 10.3. The number of urea groups is 1. The van der Waals surface area contributed by atoms with Crippen LogP contribution >= 0.6 is 11.3 Å². The number of carbonyl (C=O) groups is 1. The van der Waals surface area contributed by atoms with Gasteiger partial charge in [-0.25, -0.2) is 4.79 Å². The third kappa shape index (κ3) is 3.83. The van der Waals surface area contributed by atoms with E-state index < -0.39 is 0 Å². The molecule has 2 heterocycles. The summed E-state index contributed by atoms with van der Waals surface area (Å²) in [6, 6.07) is 12.1. The Morgan fingerprint density at radius 1 is 1.19 bits per heavy atom. The highest BCUT2D eigenvalue weighted by Crippen LogP contribution is 2.19. The van der Waals surface area contributed by atoms with Crippen molar-refractivity contribution in [3.63, 3.8) is 0 Å². The lowest BCUT2D eigenvalue weighted by Gasteiger charge is -2.25. The maximum absolute atomic E-state index is 11.8. The van der Waals surface area contributed by atoms with Gasteiger partial charge in [-0.15, -0.1) is 11.3 Å². The highest BCUT2D eigenvalue weighted by Gasteiger charge is 2.19. The van der Waals surface area contributed by atoms with Crippen molar-refractivity contribution in [2.24, 2.45) is 0 Å². The standard InChI is InChI=1S/C16H18N2O2S/c19-16(18-10-15-6-3-7-21-15)17-9-14-8-12-4-1-2-5-13(12)11-20-14/h1-7,14H,8-11H2,(H2,17,18,19)/t14-/m0/s1. The molecular weight excluding hydrogens is 284 g/mol. The van der Waals surface area contributed by atoms with Crippen LogP contribution in [0, 0.1) is 0 Å². The van der Waals surface area contributed by atoms with Crippen LogP contribution in [0.2, 0.25) is 0 Å². The van der Waals surface area contributed by atoms with Gasteiger partial charge in [0.05, 0.1) is 19.3 Å². The summed E-state index contributed by atoms with van der Waals surface area (Å²) in [7, 11) is 0. The number of fused-ring (bicyclic) bond motifs is 1. The summed E-state index contributed by atoms with van der Waals surface area (Å²) in [4.78, 5) is 12.9. The van der Waals surface area contributed by atoms with Gasteiger partial charge in [-0.05, 0) is 22.6 Å². The topological polar surface area (TPSA) is 50.4 Å². The molecule has 1 aromatic heterocycles. The SMILES string of the molecule is O=C(NCc1cccs1)NC[C@@H]1Cc2ccccc2CO1. The maximum Gasteiger partial charge on any atom is 0.315 e. The highest BCUT2D eigenvalue weighted by molar-refractivity contribution is 7.09. The predicted molar refractivity (Wildman–Crippen MR) is 83.3 cm³/mol. The number of carbonyl (C=O) groups excluding carboxylic acids is 1. The fourth-order valence-electron chi connectivity index (χ4n) is 2.39. The van der Waals surface area contributed by atoms with Gasteiger partial charge in [-0.2, -0.15) is 0 Å². The molecule has 0 fully saturated rings. The lowest BCUT2D eigenvalue weighted by Crippen LogP contribution is -2.41. The number of amides is 2. The van der Waals surface area contributed by atoms with E-state index in [2.05, 4.69) is 22.8 Å². The molecule has 1 aliphatic rings. The minimum atomic E-state index is -0.147. The molecule has 1 aromatic carbocycles. The predicted octanol–water partition coefficient (Wildman–Crippen LogP) is 2.69. The van der Waals surface area contributed by atoms with Gasteiger partial charge in [-0.1, -0.05) is 30.3 Å². The number of ether oxygens (including phenoxy) is 1. The van der Waals surface area contributed by atoms with Crippen molar-refractivity contribution in [3.8, 4) is 0 Å². The molecule has 2 N–H and O–H groups in total. The van der Waals surface area contributed by atoms with Gasteiger partial charge >= 0.3 is 6.03 Å². The Hall–Kier alpha value is -1.85. The quantitative estimate of drug-likeness (QED) is 0.912. The van der Waals surface area contributed by atoms with Crippen molar-refractivity contribution >= 4 is 17.4 Å². The summed E-state index contributed by atoms with van der Waals surface area (Å²) >= 11 is 1.64. The Balaban J connectivity index is 1.42. The summed E-state index contributed by atoms with van der Waals surface area (Å²) in [5.74, 6) is 0. The smallest absolute Gasteiger partial charge is 0.315 e. The number of rotatable bonds is 4. The van der Waals surface area contributed by atoms with Crippen LogP contribution in [-0.2, 0) is 24.3 Å². The van der Waals surface area contributed by atoms with Crippen molar-refractivity contribution < 1.29 is 9.53 Å². The zero-order valence-electron chi connectivity index (χ0n) is 11.7. The second-order valence-electron chi connectivity index (χ2n) is 5.05. The van der Waals surface area contributed by atoms with E-state index in [1.165, 1.54) is 11.1 Å². The van der Waals surface area contributed by atoms with Gasteiger partial charge in [0.1, 0.15) is 0 Å². The van der Waals surface area contributed by atoms with Crippen LogP contribution in [0.15, 0.2) is 41.8 Å². The van der Waals surface area contributed by atoms with E-state index in [1.807, 2.05) is 29.6 Å². The van der Waals surface area contributed by atoms with Gasteiger partial charge in [-0.3, -0.25) is 0 Å². The lowest BCUT2D eigenvalue weighted by atomic mass is 9.99. The van der Waals surface area contributed by atoms with E-state index in [1.54, 1.807) is 11.3 Å². The highest BCUT2D eigenvalue weighted by atomic mass is 32.1. The fourth-order valence-corrected chi connectivity index (χ4v) is 3.03. The molecule has 0 unspecified atom stereocenters. The average molecular weight is 302 g/mol. The van der Waals surface area contributed by atoms with Crippen LogP contribution in [0.25, 0.3) is 0 Å². The summed E-state index contributed by atoms with van der Waals surface area (Å²) in [6.07, 6.45) is 0.897. The number of thiophene rings is 1. The number of benzene rings is 1. The van der Waals surface area contributed by atoms with E-state index in [0.29, 0.717) is 19.7 Å². The number of hydrogen-bond acceptors (Lipinski definition) is 3. The molecule has 4 nitrogen and oxygen atoms in total. The third-order valence-electron chi connectivity index (χ3n) is 3.53. The van der Waals surface area contributed by atoms with Crippen LogP contribution in [0.4, 0.5) is 4.79 Å². The first kappa shape index (κ1) is 14.1. The Morgan fingerprint density at radius 3 is 2.86 bits per heavy atom. The zero-order valence-corrected chi connectivity index (χ0v) is 12.5. The molecule has 110 valence electrons. The first-order valence-corrected chi connectivity index (χ1v) is 7.91. The van der Waals surface area contributed by atoms with Crippen molar-refractivity contribution in [2.75, 3.05) is 6.54 Å². The minimum absolute atomic E-state index is 0.0485. The molecule has 5 heteroatoms. The van der Waals surface area contributed by atoms with E-state index in [-0.39, 0.29) is 12.1 Å². The second-order valence-corrected chi connectivity index (χ2v) is 6.08. The van der Waals surface area contributed by atoms with E-state index in [4.69, 9.17) is 4.74 Å². The lowest BCUT2D eigenvalue weighted by molar-refractivity contribution is 0.0305. The molecule has 1 aliphatic heterocycles. The average Bonchev–Trinajstić information content (AvgIpc) is 3.04. The van der Waals surface area contributed by atoms with Crippen molar-refractivity contribution in [1.29, 1.82) is 0 Å². The van der Waals surface area contributed by atoms with Crippen molar-refractivity contribution in [2.45, 2.75) is 25.7 Å². The van der Waals surface area contributed by atoms with Gasteiger partial charge in [0, 0.05) is 17.8 Å². The van der Waals surface area contributed by atoms with E-state index >= 15 is 0 Å². The molecule has 0 bridgehead atoms. The Kier molecular flexibility index (Phi) is 4.52. The van der Waals surface area contributed by atoms with Gasteiger partial charge < -0.3 is 15.4 Å². The van der Waals surface area contributed by atoms with Crippen LogP contribution in [0.3, 0.4) is 0 Å². The molecular formula is C16H18N2O2S. The summed E-state index contributed by atoms with van der Waals surface area (Å²) in [5, 5.41) is 7.73. The molecule has 2 aromatic rings. The third-order valence-corrected chi connectivity index (χ3v) is 4.41. The summed E-state index contributed by atoms with van der Waals surface area (Å²) in [5.41, 5.74) is 2.56. The first-order valence-electron chi connectivity index (χ1n) is 7.04. The van der Waals surface area contributed by atoms with Gasteiger partial charge in [0.2, 0.25) is 0 Å². The van der Waals surface area contributed by atoms with Gasteiger partial charge in [0.25, 0.3) is 0 Å². The molecule has 0 radical (unpaired) electrons. The van der Waals surface area contributed by atoms with E-state index in [0.717, 1.165) is 11.3 Å². The molecule has 0 aliphatic carbocycles. The minimum Gasteiger partial charge on any atom is -0.371 e. The monoisotopic (exact) mass is 302 g/mol. The van der Waals surface area contributed by atoms with Crippen molar-refractivity contribution in [3.05, 3.63) is 57.8 Å². The molecule has 0 saturated heterocycles. The summed E-state index contributed by atoms with van der Waals surface area (Å²) < 4.78 is 5.76. The van der Waals surface area contributed by atoms with E-state index in [9.17, 15) is 4.79 Å². The Morgan fingerprint density at radius 2 is 2.05 bits per heavy atom. The normalized spacial score (nSPS) is 17.0. The summed E-state index contributed by atoms with van der Waals surface area (Å²) in [6.45, 7) is 1.72. The van der Waals surface area contributed by atoms with Crippen LogP contribution in [0.5, 0.6) is 0 Å². The maximum atomic E-state index is 11.8. The Bertz CT molecular complexity index is 598. The molecule has 1 atom stereocenters. The fraction of sp³-hybridized carbons (Fsp3) is 0.312. The van der Waals surface area contributed by atoms with Crippen LogP contribution in [0.1, 0.15) is 16.0 Å². The van der Waals surface area contributed by atoms with Gasteiger partial charge in [0.15, 0.2) is 0 Å². The van der Waals surface area contributed by atoms with Crippen LogP contribution < -0.4 is 10.6 Å². The molecule has 0 saturated carbocycles. The molecule has 21 heavy (non-hydrogen) atoms. The molecule has 3 rings (SSSR count).